The molecule has 0 aromatic heterocycles. The van der Waals surface area contributed by atoms with Crippen molar-refractivity contribution >= 4 is 46.2 Å². The van der Waals surface area contributed by atoms with E-state index in [9.17, 15) is 25.0 Å². The molecule has 0 heterocycles. The Balaban J connectivity index is 0.000000796. The number of thioether (sulfide) groups is 1. The van der Waals surface area contributed by atoms with Gasteiger partial charge in [0.1, 0.15) is 0 Å². The summed E-state index contributed by atoms with van der Waals surface area (Å²) in [6.45, 7) is 0. The molecule has 108 valence electrons. The van der Waals surface area contributed by atoms with Crippen LogP contribution in [0.1, 0.15) is 0 Å². The van der Waals surface area contributed by atoms with Crippen LogP contribution in [0.2, 0.25) is 0 Å². The number of amides is 2. The monoisotopic (exact) mass is 319 g/mol. The van der Waals surface area contributed by atoms with Gasteiger partial charge < -0.3 is 28.9 Å². The van der Waals surface area contributed by atoms with E-state index < -0.39 is 31.7 Å². The van der Waals surface area contributed by atoms with Crippen LogP contribution in [-0.2, 0) is 12.6 Å². The Morgan fingerprint density at radius 2 is 1.65 bits per heavy atom. The normalized spacial score (nSPS) is 9.00. The summed E-state index contributed by atoms with van der Waals surface area (Å²) in [4.78, 5) is 39.0. The van der Waals surface area contributed by atoms with Crippen LogP contribution in [0.15, 0.2) is 23.1 Å². The summed E-state index contributed by atoms with van der Waals surface area (Å²) in [5.74, 6) is 0. The van der Waals surface area contributed by atoms with Crippen LogP contribution in [-0.4, -0.2) is 20.3 Å². The molecule has 1 rings (SSSR count). The van der Waals surface area contributed by atoms with E-state index in [0.29, 0.717) is 11.8 Å². The molecule has 4 N–H and O–H groups in total. The zero-order valence-corrected chi connectivity index (χ0v) is 11.2. The summed E-state index contributed by atoms with van der Waals surface area (Å²) in [5, 5.41) is 19.4. The van der Waals surface area contributed by atoms with Gasteiger partial charge >= 0.3 is 0 Å². The smallest absolute Gasteiger partial charge is 0.290 e. The molecule has 1 aromatic rings. The molecule has 1 aromatic carbocycles. The van der Waals surface area contributed by atoms with Crippen LogP contribution in [0.4, 0.5) is 21.0 Å². The lowest BCUT2D eigenvalue weighted by atomic mass is 10.3. The van der Waals surface area contributed by atoms with Crippen molar-refractivity contribution < 1.29 is 19.4 Å². The highest BCUT2D eigenvalue weighted by molar-refractivity contribution is 8.13. The molecule has 0 saturated carbocycles. The first-order chi connectivity index (χ1) is 9.15. The number of hydrogen-bond donors (Lipinski definition) is 2. The third-order valence-electron chi connectivity index (χ3n) is 1.56. The molecule has 0 aliphatic carbocycles. The van der Waals surface area contributed by atoms with E-state index in [0.717, 1.165) is 18.2 Å². The standard InChI is InChI=1S/C7H5N3O5S.CH3NOS/c8-7(11)16-6-2-1-4(9(12)13)3-5(6)10(14)15;2-1(3)4/h1-3H,(H2,8,11);(H3,2,3,4)/p-1. The van der Waals surface area contributed by atoms with Gasteiger partial charge in [0.25, 0.3) is 16.6 Å². The Kier molecular flexibility index (Phi) is 6.88. The van der Waals surface area contributed by atoms with E-state index in [2.05, 4.69) is 18.4 Å². The lowest BCUT2D eigenvalue weighted by Crippen LogP contribution is -2.03. The Morgan fingerprint density at radius 1 is 1.15 bits per heavy atom. The number of hydrogen-bond acceptors (Lipinski definition) is 8. The largest absolute Gasteiger partial charge is 0.719 e. The van der Waals surface area contributed by atoms with Crippen molar-refractivity contribution in [3.8, 4) is 0 Å². The molecule has 12 heteroatoms. The van der Waals surface area contributed by atoms with Crippen molar-refractivity contribution in [1.29, 1.82) is 0 Å². The zero-order chi connectivity index (χ0) is 15.9. The molecule has 0 atom stereocenters. The topological polar surface area (TPSA) is 172 Å². The minimum Gasteiger partial charge on any atom is -0.719 e. The minimum atomic E-state index is -0.822. The summed E-state index contributed by atoms with van der Waals surface area (Å²) in [6, 6.07) is 2.97. The molecule has 20 heavy (non-hydrogen) atoms. The van der Waals surface area contributed by atoms with Crippen molar-refractivity contribution in [1.82, 2.24) is 0 Å². The van der Waals surface area contributed by atoms with Gasteiger partial charge in [0, 0.05) is 6.07 Å². The van der Waals surface area contributed by atoms with Gasteiger partial charge in [0.05, 0.1) is 26.0 Å². The predicted octanol–water partition coefficient (Wildman–Crippen LogP) is 1.29. The molecule has 2 amide bonds. The summed E-state index contributed by atoms with van der Waals surface area (Å²) < 4.78 is 0. The number of nitro groups is 2. The van der Waals surface area contributed by atoms with E-state index >= 15 is 0 Å². The van der Waals surface area contributed by atoms with E-state index in [1.807, 2.05) is 0 Å². The van der Waals surface area contributed by atoms with Crippen molar-refractivity contribution in [2.24, 2.45) is 11.5 Å². The highest BCUT2D eigenvalue weighted by Crippen LogP contribution is 2.32. The zero-order valence-electron chi connectivity index (χ0n) is 9.55. The van der Waals surface area contributed by atoms with E-state index in [1.165, 1.54) is 0 Å². The van der Waals surface area contributed by atoms with E-state index in [-0.39, 0.29) is 4.90 Å². The maximum absolute atomic E-state index is 10.6. The molecule has 0 aliphatic heterocycles. The highest BCUT2D eigenvalue weighted by Gasteiger charge is 2.20. The fraction of sp³-hybridized carbons (Fsp3) is 0. The van der Waals surface area contributed by atoms with Gasteiger partial charge in [-0.2, -0.15) is 0 Å². The maximum Gasteiger partial charge on any atom is 0.290 e. The molecule has 0 unspecified atom stereocenters. The summed E-state index contributed by atoms with van der Waals surface area (Å²) >= 11 is 4.21. The summed E-state index contributed by atoms with van der Waals surface area (Å²) in [6.07, 6.45) is 0. The van der Waals surface area contributed by atoms with E-state index in [1.54, 1.807) is 0 Å². The number of primary amides is 2. The SMILES string of the molecule is NC(=O)Sc1ccc([N+](=O)[O-])cc1[N+](=O)[O-].NC(=O)[S-]. The average molecular weight is 319 g/mol. The number of nitro benzene ring substituents is 2. The second kappa shape index (κ2) is 7.85. The number of carbonyl (C=O) groups excluding carboxylic acids is 2. The van der Waals surface area contributed by atoms with Gasteiger partial charge in [-0.25, -0.2) is 0 Å². The molecule has 0 bridgehead atoms. The van der Waals surface area contributed by atoms with Crippen LogP contribution in [0.3, 0.4) is 0 Å². The van der Waals surface area contributed by atoms with Gasteiger partial charge in [-0.3, -0.25) is 25.0 Å². The summed E-state index contributed by atoms with van der Waals surface area (Å²) in [7, 11) is 0. The number of rotatable bonds is 3. The molecular formula is C8H7N4O6S2-. The van der Waals surface area contributed by atoms with Crippen LogP contribution in [0.5, 0.6) is 0 Å². The van der Waals surface area contributed by atoms with Gasteiger partial charge in [-0.15, -0.1) is 0 Å². The van der Waals surface area contributed by atoms with Crippen molar-refractivity contribution in [3.63, 3.8) is 0 Å². The van der Waals surface area contributed by atoms with Gasteiger partial charge in [-0.05, 0) is 17.8 Å². The van der Waals surface area contributed by atoms with Crippen LogP contribution < -0.4 is 11.5 Å². The van der Waals surface area contributed by atoms with Crippen LogP contribution in [0, 0.1) is 20.2 Å². The molecular weight excluding hydrogens is 312 g/mol. The lowest BCUT2D eigenvalue weighted by molar-refractivity contribution is -0.396. The van der Waals surface area contributed by atoms with Crippen molar-refractivity contribution in [3.05, 3.63) is 38.4 Å². The average Bonchev–Trinajstić information content (AvgIpc) is 2.27. The van der Waals surface area contributed by atoms with Crippen molar-refractivity contribution in [2.75, 3.05) is 0 Å². The predicted molar refractivity (Wildman–Crippen MR) is 72.1 cm³/mol. The molecule has 0 saturated heterocycles. The van der Waals surface area contributed by atoms with Gasteiger partial charge in [0.2, 0.25) is 0 Å². The maximum atomic E-state index is 10.6. The third-order valence-corrected chi connectivity index (χ3v) is 2.33. The third kappa shape index (κ3) is 6.46. The summed E-state index contributed by atoms with van der Waals surface area (Å²) in [5.41, 5.74) is 8.21. The number of carbonyl (C=O) groups is 2. The Labute approximate surface area is 121 Å². The Hall–Kier alpha value is -2.47. The second-order valence-electron chi connectivity index (χ2n) is 2.91. The van der Waals surface area contributed by atoms with Crippen LogP contribution in [0.25, 0.3) is 0 Å². The molecule has 0 radical (unpaired) electrons. The number of non-ortho nitro benzene ring substituents is 1. The van der Waals surface area contributed by atoms with Crippen molar-refractivity contribution in [2.45, 2.75) is 4.90 Å². The molecule has 0 aliphatic rings. The van der Waals surface area contributed by atoms with Crippen LogP contribution >= 0.6 is 11.8 Å². The first-order valence-electron chi connectivity index (χ1n) is 4.51. The number of benzene rings is 1. The fourth-order valence-corrected chi connectivity index (χ4v) is 1.55. The Morgan fingerprint density at radius 3 is 2.00 bits per heavy atom. The molecule has 0 fully saturated rings. The van der Waals surface area contributed by atoms with Gasteiger partial charge in [-0.1, -0.05) is 0 Å². The van der Waals surface area contributed by atoms with Gasteiger partial charge in [0.15, 0.2) is 0 Å². The Bertz CT molecular complexity index is 560. The van der Waals surface area contributed by atoms with E-state index in [4.69, 9.17) is 10.5 Å². The number of nitrogens with zero attached hydrogens (tertiary/aromatic N) is 2. The molecule has 0 spiro atoms. The quantitative estimate of drug-likeness (QED) is 0.362. The molecule has 10 nitrogen and oxygen atoms in total. The lowest BCUT2D eigenvalue weighted by Gasteiger charge is -1.99. The first-order valence-corrected chi connectivity index (χ1v) is 5.74. The fourth-order valence-electron chi connectivity index (χ4n) is 0.957. The minimum absolute atomic E-state index is 0.0249. The number of nitrogens with two attached hydrogens (primary N) is 2. The second-order valence-corrected chi connectivity index (χ2v) is 4.36. The first kappa shape index (κ1) is 17.5. The highest BCUT2D eigenvalue weighted by atomic mass is 32.2.